The van der Waals surface area contributed by atoms with E-state index in [1.54, 1.807) is 36.9 Å². The van der Waals surface area contributed by atoms with E-state index in [-0.39, 0.29) is 6.54 Å². The Kier molecular flexibility index (Phi) is 4.54. The number of urea groups is 1. The van der Waals surface area contributed by atoms with Gasteiger partial charge in [-0.1, -0.05) is 6.07 Å². The lowest BCUT2D eigenvalue weighted by Crippen LogP contribution is -2.41. The zero-order chi connectivity index (χ0) is 18.0. The molecule has 1 saturated heterocycles. The lowest BCUT2D eigenvalue weighted by molar-refractivity contribution is -0.134. The smallest absolute Gasteiger partial charge is 0.325 e. The number of thioether (sulfide) groups is 1. The van der Waals surface area contributed by atoms with E-state index in [1.807, 2.05) is 24.5 Å². The minimum absolute atomic E-state index is 0.321. The first kappa shape index (κ1) is 17.1. The molecule has 1 atom stereocenters. The predicted octanol–water partition coefficient (Wildman–Crippen LogP) is 2.41. The Hall–Kier alpha value is -2.74. The second-order valence-electron chi connectivity index (χ2n) is 5.70. The summed E-state index contributed by atoms with van der Waals surface area (Å²) < 4.78 is 5.25. The van der Waals surface area contributed by atoms with Gasteiger partial charge in [-0.2, -0.15) is 0 Å². The second-order valence-corrected chi connectivity index (χ2v) is 6.58. The van der Waals surface area contributed by atoms with E-state index >= 15 is 0 Å². The Morgan fingerprint density at radius 1 is 1.32 bits per heavy atom. The van der Waals surface area contributed by atoms with E-state index < -0.39 is 23.4 Å². The third kappa shape index (κ3) is 3.25. The van der Waals surface area contributed by atoms with Crippen LogP contribution in [-0.2, 0) is 15.1 Å². The number of carbonyl (C=O) groups excluding carboxylic acids is 3. The fourth-order valence-corrected chi connectivity index (χ4v) is 3.08. The number of amides is 4. The molecule has 0 radical (unpaired) electrons. The molecule has 8 heteroatoms. The number of benzene rings is 1. The molecule has 7 nitrogen and oxygen atoms in total. The lowest BCUT2D eigenvalue weighted by atomic mass is 9.99. The molecule has 1 aliphatic rings. The number of furan rings is 1. The maximum absolute atomic E-state index is 12.6. The zero-order valence-electron chi connectivity index (χ0n) is 13.7. The van der Waals surface area contributed by atoms with Gasteiger partial charge >= 0.3 is 6.03 Å². The Morgan fingerprint density at radius 3 is 2.80 bits per heavy atom. The van der Waals surface area contributed by atoms with Crippen molar-refractivity contribution in [2.45, 2.75) is 17.4 Å². The molecule has 2 aromatic rings. The number of hydrogen-bond acceptors (Lipinski definition) is 5. The van der Waals surface area contributed by atoms with Crippen LogP contribution in [0.5, 0.6) is 0 Å². The van der Waals surface area contributed by atoms with Crippen LogP contribution in [0, 0.1) is 0 Å². The van der Waals surface area contributed by atoms with Gasteiger partial charge in [0, 0.05) is 10.6 Å². The van der Waals surface area contributed by atoms with Gasteiger partial charge in [0.05, 0.1) is 6.26 Å². The molecule has 1 aromatic carbocycles. The summed E-state index contributed by atoms with van der Waals surface area (Å²) in [5, 5.41) is 5.28. The molecule has 3 rings (SSSR count). The minimum Gasteiger partial charge on any atom is -0.466 e. The molecule has 1 fully saturated rings. The van der Waals surface area contributed by atoms with Crippen molar-refractivity contribution in [3.05, 3.63) is 48.4 Å². The summed E-state index contributed by atoms with van der Waals surface area (Å²) in [6.45, 7) is 1.18. The van der Waals surface area contributed by atoms with Crippen molar-refractivity contribution in [2.75, 3.05) is 18.1 Å². The first-order valence-corrected chi connectivity index (χ1v) is 8.78. The van der Waals surface area contributed by atoms with Crippen LogP contribution in [0.2, 0.25) is 0 Å². The van der Waals surface area contributed by atoms with Gasteiger partial charge in [0.2, 0.25) is 5.91 Å². The molecule has 2 N–H and O–H groups in total. The number of imide groups is 1. The van der Waals surface area contributed by atoms with Crippen molar-refractivity contribution in [3.8, 4) is 0 Å². The van der Waals surface area contributed by atoms with Crippen LogP contribution in [-0.4, -0.2) is 35.5 Å². The van der Waals surface area contributed by atoms with Crippen LogP contribution >= 0.6 is 11.8 Å². The van der Waals surface area contributed by atoms with Gasteiger partial charge in [0.1, 0.15) is 12.3 Å². The lowest BCUT2D eigenvalue weighted by Gasteiger charge is -2.18. The minimum atomic E-state index is -1.31. The standard InChI is InChI=1S/C17H17N3O4S/c1-17(13-7-4-8-24-13)15(22)20(16(23)19-17)10-14(21)18-11-5-3-6-12(9-11)25-2/h3-9H,10H2,1-2H3,(H,18,21)(H,19,23)/t17-/m0/s1. The quantitative estimate of drug-likeness (QED) is 0.632. The Bertz CT molecular complexity index is 821. The van der Waals surface area contributed by atoms with Crippen LogP contribution in [0.4, 0.5) is 10.5 Å². The molecular formula is C17H17N3O4S. The highest BCUT2D eigenvalue weighted by Crippen LogP contribution is 2.29. The Balaban J connectivity index is 1.71. The number of nitrogens with zero attached hydrogens (tertiary/aromatic N) is 1. The fraction of sp³-hybridized carbons (Fsp3) is 0.235. The van der Waals surface area contributed by atoms with Gasteiger partial charge in [-0.15, -0.1) is 11.8 Å². The molecule has 2 heterocycles. The van der Waals surface area contributed by atoms with Crippen LogP contribution in [0.1, 0.15) is 12.7 Å². The number of rotatable bonds is 5. The third-order valence-electron chi connectivity index (χ3n) is 3.94. The van der Waals surface area contributed by atoms with Crippen molar-refractivity contribution in [2.24, 2.45) is 0 Å². The predicted molar refractivity (Wildman–Crippen MR) is 93.2 cm³/mol. The highest BCUT2D eigenvalue weighted by Gasteiger charge is 2.51. The van der Waals surface area contributed by atoms with Crippen molar-refractivity contribution in [1.29, 1.82) is 0 Å². The second kappa shape index (κ2) is 6.64. The molecule has 0 saturated carbocycles. The van der Waals surface area contributed by atoms with Gasteiger partial charge in [-0.05, 0) is 43.5 Å². The van der Waals surface area contributed by atoms with E-state index in [0.29, 0.717) is 11.4 Å². The van der Waals surface area contributed by atoms with Crippen molar-refractivity contribution < 1.29 is 18.8 Å². The summed E-state index contributed by atoms with van der Waals surface area (Å²) in [7, 11) is 0. The molecule has 25 heavy (non-hydrogen) atoms. The van der Waals surface area contributed by atoms with Gasteiger partial charge in [0.25, 0.3) is 5.91 Å². The monoisotopic (exact) mass is 359 g/mol. The van der Waals surface area contributed by atoms with Gasteiger partial charge in [-0.25, -0.2) is 4.79 Å². The van der Waals surface area contributed by atoms with Crippen LogP contribution in [0.15, 0.2) is 52.0 Å². The van der Waals surface area contributed by atoms with Gasteiger partial charge in [0.15, 0.2) is 5.54 Å². The number of carbonyl (C=O) groups is 3. The SMILES string of the molecule is CSc1cccc(NC(=O)CN2C(=O)N[C@@](C)(c3ccco3)C2=O)c1. The molecule has 1 aromatic heterocycles. The first-order valence-electron chi connectivity index (χ1n) is 7.56. The molecule has 0 aliphatic carbocycles. The fourth-order valence-electron chi connectivity index (χ4n) is 2.62. The maximum atomic E-state index is 12.6. The van der Waals surface area contributed by atoms with Gasteiger partial charge < -0.3 is 15.1 Å². The Morgan fingerprint density at radius 2 is 2.12 bits per heavy atom. The summed E-state index contributed by atoms with van der Waals surface area (Å²) in [6, 6.07) is 9.93. The molecule has 0 spiro atoms. The third-order valence-corrected chi connectivity index (χ3v) is 4.67. The largest absolute Gasteiger partial charge is 0.466 e. The van der Waals surface area contributed by atoms with E-state index in [4.69, 9.17) is 4.42 Å². The van der Waals surface area contributed by atoms with E-state index in [2.05, 4.69) is 10.6 Å². The number of anilines is 1. The molecule has 0 bridgehead atoms. The average molecular weight is 359 g/mol. The van der Waals surface area contributed by atoms with E-state index in [9.17, 15) is 14.4 Å². The highest BCUT2D eigenvalue weighted by atomic mass is 32.2. The Labute approximate surface area is 148 Å². The summed E-state index contributed by atoms with van der Waals surface area (Å²) in [5.74, 6) is -0.660. The highest BCUT2D eigenvalue weighted by molar-refractivity contribution is 7.98. The maximum Gasteiger partial charge on any atom is 0.325 e. The van der Waals surface area contributed by atoms with Crippen LogP contribution in [0.25, 0.3) is 0 Å². The first-order chi connectivity index (χ1) is 11.9. The molecule has 1 aliphatic heterocycles. The van der Waals surface area contributed by atoms with Crippen molar-refractivity contribution in [3.63, 3.8) is 0 Å². The molecule has 4 amide bonds. The summed E-state index contributed by atoms with van der Waals surface area (Å²) >= 11 is 1.55. The van der Waals surface area contributed by atoms with Gasteiger partial charge in [-0.3, -0.25) is 14.5 Å². The van der Waals surface area contributed by atoms with Crippen LogP contribution < -0.4 is 10.6 Å². The summed E-state index contributed by atoms with van der Waals surface area (Å²) in [4.78, 5) is 38.9. The molecular weight excluding hydrogens is 342 g/mol. The van der Waals surface area contributed by atoms with E-state index in [0.717, 1.165) is 9.80 Å². The van der Waals surface area contributed by atoms with Crippen molar-refractivity contribution >= 4 is 35.3 Å². The number of nitrogens with one attached hydrogen (secondary N) is 2. The summed E-state index contributed by atoms with van der Waals surface area (Å²) in [5.41, 5.74) is -0.697. The van der Waals surface area contributed by atoms with Crippen molar-refractivity contribution in [1.82, 2.24) is 10.2 Å². The van der Waals surface area contributed by atoms with Crippen LogP contribution in [0.3, 0.4) is 0 Å². The zero-order valence-corrected chi connectivity index (χ0v) is 14.6. The number of hydrogen-bond donors (Lipinski definition) is 2. The van der Waals surface area contributed by atoms with E-state index in [1.165, 1.54) is 6.26 Å². The molecule has 130 valence electrons. The topological polar surface area (TPSA) is 91.7 Å². The average Bonchev–Trinajstić information content (AvgIpc) is 3.20. The molecule has 0 unspecified atom stereocenters. The summed E-state index contributed by atoms with van der Waals surface area (Å²) in [6.07, 6.45) is 3.36. The normalized spacial score (nSPS) is 19.8.